The van der Waals surface area contributed by atoms with Crippen molar-refractivity contribution in [3.8, 4) is 0 Å². The van der Waals surface area contributed by atoms with Gasteiger partial charge in [-0.25, -0.2) is 9.64 Å². The molecule has 1 heterocycles. The van der Waals surface area contributed by atoms with Crippen LogP contribution in [0.1, 0.15) is 31.9 Å². The summed E-state index contributed by atoms with van der Waals surface area (Å²) in [5.41, 5.74) is 2.02. The summed E-state index contributed by atoms with van der Waals surface area (Å²) in [6, 6.07) is 3.70. The largest absolute Gasteiger partial charge is 0.444 e. The molecule has 2 rings (SSSR count). The highest BCUT2D eigenvalue weighted by Gasteiger charge is 2.26. The van der Waals surface area contributed by atoms with E-state index in [0.29, 0.717) is 36.5 Å². The van der Waals surface area contributed by atoms with Crippen LogP contribution in [0.5, 0.6) is 0 Å². The minimum atomic E-state index is -0.535. The zero-order chi connectivity index (χ0) is 19.5. The number of carbonyl (C=O) groups excluding carboxylic acids is 2. The van der Waals surface area contributed by atoms with Crippen LogP contribution >= 0.6 is 11.8 Å². The maximum Gasteiger partial charge on any atom is 0.410 e. The van der Waals surface area contributed by atoms with Crippen LogP contribution in [0.25, 0.3) is 4.85 Å². The third kappa shape index (κ3) is 4.92. The second-order valence-electron chi connectivity index (χ2n) is 7.39. The van der Waals surface area contributed by atoms with E-state index in [4.69, 9.17) is 11.3 Å². The molecule has 140 valence electrons. The molecule has 1 aromatic rings. The van der Waals surface area contributed by atoms with Crippen LogP contribution in [0.4, 0.5) is 15.3 Å². The number of nitrogens with zero attached hydrogens (tertiary/aromatic N) is 3. The Bertz CT molecular complexity index is 748. The van der Waals surface area contributed by atoms with Crippen LogP contribution < -0.4 is 0 Å². The second-order valence-corrected chi connectivity index (χ2v) is 8.35. The number of amides is 2. The lowest BCUT2D eigenvalue weighted by molar-refractivity contribution is 0.0258. The van der Waals surface area contributed by atoms with E-state index in [1.54, 1.807) is 25.1 Å². The maximum atomic E-state index is 12.4. The SMILES string of the molecule is [C-]#[N+]c1ccc2c(c1SC(=O)N(C)C)CCN(C(=O)OC(C)(C)C)CC2. The Labute approximate surface area is 159 Å². The zero-order valence-electron chi connectivity index (χ0n) is 16.0. The first-order chi connectivity index (χ1) is 12.1. The van der Waals surface area contributed by atoms with Crippen molar-refractivity contribution < 1.29 is 14.3 Å². The van der Waals surface area contributed by atoms with Gasteiger partial charge in [0, 0.05) is 32.1 Å². The molecule has 0 saturated heterocycles. The summed E-state index contributed by atoms with van der Waals surface area (Å²) in [6.45, 7) is 14.0. The molecule has 0 fully saturated rings. The number of hydrogen-bond acceptors (Lipinski definition) is 4. The summed E-state index contributed by atoms with van der Waals surface area (Å²) in [5, 5.41) is -0.114. The van der Waals surface area contributed by atoms with E-state index in [-0.39, 0.29) is 11.3 Å². The summed E-state index contributed by atoms with van der Waals surface area (Å²) in [5.74, 6) is 0. The third-order valence-corrected chi connectivity index (χ3v) is 5.15. The van der Waals surface area contributed by atoms with Crippen LogP contribution in [0.15, 0.2) is 17.0 Å². The van der Waals surface area contributed by atoms with Crippen molar-refractivity contribution in [1.82, 2.24) is 9.80 Å². The van der Waals surface area contributed by atoms with E-state index >= 15 is 0 Å². The normalized spacial score (nSPS) is 14.1. The van der Waals surface area contributed by atoms with Gasteiger partial charge in [-0.3, -0.25) is 4.79 Å². The molecule has 1 aromatic carbocycles. The van der Waals surface area contributed by atoms with Crippen molar-refractivity contribution in [3.63, 3.8) is 0 Å². The molecule has 0 spiro atoms. The molecule has 0 N–H and O–H groups in total. The quantitative estimate of drug-likeness (QED) is 0.541. The predicted molar refractivity (Wildman–Crippen MR) is 103 cm³/mol. The van der Waals surface area contributed by atoms with Crippen molar-refractivity contribution in [2.24, 2.45) is 0 Å². The number of benzene rings is 1. The molecule has 0 aliphatic carbocycles. The summed E-state index contributed by atoms with van der Waals surface area (Å²) >= 11 is 1.08. The first-order valence-electron chi connectivity index (χ1n) is 8.51. The molecule has 1 aliphatic heterocycles. The van der Waals surface area contributed by atoms with E-state index < -0.39 is 5.60 Å². The summed E-state index contributed by atoms with van der Waals surface area (Å²) < 4.78 is 5.48. The molecule has 7 heteroatoms. The lowest BCUT2D eigenvalue weighted by Crippen LogP contribution is -2.38. The van der Waals surface area contributed by atoms with Crippen molar-refractivity contribution in [2.75, 3.05) is 27.2 Å². The highest BCUT2D eigenvalue weighted by atomic mass is 32.2. The average Bonchev–Trinajstić information content (AvgIpc) is 2.76. The van der Waals surface area contributed by atoms with Gasteiger partial charge in [0.1, 0.15) is 5.60 Å². The smallest absolute Gasteiger partial charge is 0.410 e. The molecular weight excluding hydrogens is 350 g/mol. The topological polar surface area (TPSA) is 54.2 Å². The van der Waals surface area contributed by atoms with E-state index in [1.165, 1.54) is 4.90 Å². The lowest BCUT2D eigenvalue weighted by atomic mass is 10.0. The van der Waals surface area contributed by atoms with Crippen LogP contribution in [0.3, 0.4) is 0 Å². The number of ether oxygens (including phenoxy) is 1. The standard InChI is InChI=1S/C19H25N3O3S/c1-19(2,3)25-17(23)22-11-9-13-7-8-15(20-4)16(14(13)10-12-22)26-18(24)21(5)6/h7-8H,9-12H2,1-3,5-6H3. The van der Waals surface area contributed by atoms with Crippen LogP contribution in [0.2, 0.25) is 0 Å². The molecule has 0 radical (unpaired) electrons. The summed E-state index contributed by atoms with van der Waals surface area (Å²) in [4.78, 5) is 32.1. The summed E-state index contributed by atoms with van der Waals surface area (Å²) in [6.07, 6.45) is 0.951. The Morgan fingerprint density at radius 2 is 1.88 bits per heavy atom. The average molecular weight is 375 g/mol. The molecule has 0 bridgehead atoms. The minimum absolute atomic E-state index is 0.114. The number of fused-ring (bicyclic) bond motifs is 1. The van der Waals surface area contributed by atoms with Gasteiger partial charge in [0.05, 0.1) is 6.57 Å². The molecular formula is C19H25N3O3S. The second kappa shape index (κ2) is 8.00. The number of thioether (sulfide) groups is 1. The Balaban J connectivity index is 2.27. The fourth-order valence-corrected chi connectivity index (χ4v) is 3.60. The molecule has 0 atom stereocenters. The molecule has 0 saturated carbocycles. The Kier molecular flexibility index (Phi) is 6.19. The molecule has 1 aliphatic rings. The van der Waals surface area contributed by atoms with E-state index in [9.17, 15) is 9.59 Å². The van der Waals surface area contributed by atoms with Gasteiger partial charge in [0.15, 0.2) is 0 Å². The van der Waals surface area contributed by atoms with E-state index in [2.05, 4.69) is 4.85 Å². The molecule has 6 nitrogen and oxygen atoms in total. The van der Waals surface area contributed by atoms with Crippen molar-refractivity contribution in [1.29, 1.82) is 0 Å². The van der Waals surface area contributed by atoms with Gasteiger partial charge in [0.2, 0.25) is 5.69 Å². The van der Waals surface area contributed by atoms with Crippen molar-refractivity contribution >= 4 is 28.8 Å². The Hall–Kier alpha value is -2.20. The minimum Gasteiger partial charge on any atom is -0.444 e. The van der Waals surface area contributed by atoms with Crippen LogP contribution in [0, 0.1) is 6.57 Å². The van der Waals surface area contributed by atoms with E-state index in [1.807, 2.05) is 26.8 Å². The first kappa shape index (κ1) is 20.1. The third-order valence-electron chi connectivity index (χ3n) is 3.95. The first-order valence-corrected chi connectivity index (χ1v) is 9.33. The van der Waals surface area contributed by atoms with Crippen LogP contribution in [-0.2, 0) is 17.6 Å². The Morgan fingerprint density at radius 1 is 1.23 bits per heavy atom. The van der Waals surface area contributed by atoms with E-state index in [0.717, 1.165) is 22.9 Å². The monoisotopic (exact) mass is 375 g/mol. The fourth-order valence-electron chi connectivity index (χ4n) is 2.67. The van der Waals surface area contributed by atoms with Gasteiger partial charge in [-0.15, -0.1) is 0 Å². The number of hydrogen-bond donors (Lipinski definition) is 0. The zero-order valence-corrected chi connectivity index (χ0v) is 16.8. The van der Waals surface area contributed by atoms with Gasteiger partial charge in [-0.2, -0.15) is 0 Å². The van der Waals surface area contributed by atoms with Crippen LogP contribution in [-0.4, -0.2) is 53.9 Å². The number of carbonyl (C=O) groups is 2. The van der Waals surface area contributed by atoms with Gasteiger partial charge >= 0.3 is 6.09 Å². The highest BCUT2D eigenvalue weighted by molar-refractivity contribution is 8.13. The van der Waals surface area contributed by atoms with Gasteiger partial charge in [-0.1, -0.05) is 12.1 Å². The van der Waals surface area contributed by atoms with Gasteiger partial charge in [0.25, 0.3) is 5.24 Å². The van der Waals surface area contributed by atoms with Gasteiger partial charge in [-0.05, 0) is 56.5 Å². The molecule has 26 heavy (non-hydrogen) atoms. The fraction of sp³-hybridized carbons (Fsp3) is 0.526. The molecule has 2 amide bonds. The van der Waals surface area contributed by atoms with Gasteiger partial charge < -0.3 is 14.5 Å². The van der Waals surface area contributed by atoms with Crippen molar-refractivity contribution in [3.05, 3.63) is 34.7 Å². The lowest BCUT2D eigenvalue weighted by Gasteiger charge is -2.26. The Morgan fingerprint density at radius 3 is 2.46 bits per heavy atom. The maximum absolute atomic E-state index is 12.4. The predicted octanol–water partition coefficient (Wildman–Crippen LogP) is 4.35. The number of rotatable bonds is 1. The highest BCUT2D eigenvalue weighted by Crippen LogP contribution is 2.37. The van der Waals surface area contributed by atoms with Crippen molar-refractivity contribution in [2.45, 2.75) is 44.1 Å². The molecule has 0 aromatic heterocycles. The summed E-state index contributed by atoms with van der Waals surface area (Å²) in [7, 11) is 3.39. The molecule has 0 unspecified atom stereocenters.